The first-order valence-electron chi connectivity index (χ1n) is 10.1. The van der Waals surface area contributed by atoms with Crippen molar-refractivity contribution in [1.29, 1.82) is 0 Å². The Balaban J connectivity index is 1.57. The van der Waals surface area contributed by atoms with Crippen molar-refractivity contribution in [2.75, 3.05) is 12.8 Å². The zero-order valence-corrected chi connectivity index (χ0v) is 18.1. The predicted octanol–water partition coefficient (Wildman–Crippen LogP) is 3.55. The molecular formula is C22H18F4N6O3. The molecule has 0 aliphatic rings. The number of pyridine rings is 2. The number of amides is 1. The Morgan fingerprint density at radius 2 is 1.97 bits per heavy atom. The van der Waals surface area contributed by atoms with Gasteiger partial charge in [0.05, 0.1) is 7.11 Å². The number of methoxy groups -OCH3 is 1. The molecule has 0 saturated carbocycles. The highest BCUT2D eigenvalue weighted by molar-refractivity contribution is 5.97. The standard InChI is InChI=1S/C22H18F4N6O3/c1-34-19-15(8-14(11-29-19)12-6-7-32-17(9-12)30-21(27)31-32)18(33)28-10-13-4-2-3-5-16(13)35-22(25,26)20(23)24/h2-9,11,20H,10H2,1H3,(H2,27,31)(H,28,33). The largest absolute Gasteiger partial charge is 0.480 e. The van der Waals surface area contributed by atoms with Crippen LogP contribution in [0.25, 0.3) is 16.8 Å². The van der Waals surface area contributed by atoms with E-state index in [4.69, 9.17) is 10.5 Å². The van der Waals surface area contributed by atoms with Crippen LogP contribution in [0.15, 0.2) is 54.9 Å². The summed E-state index contributed by atoms with van der Waals surface area (Å²) in [5.41, 5.74) is 7.44. The molecule has 0 fully saturated rings. The number of para-hydroxylation sites is 1. The topological polar surface area (TPSA) is 117 Å². The molecule has 0 aliphatic carbocycles. The van der Waals surface area contributed by atoms with Crippen molar-refractivity contribution in [2.45, 2.75) is 19.1 Å². The van der Waals surface area contributed by atoms with Crippen molar-refractivity contribution in [3.05, 3.63) is 66.0 Å². The summed E-state index contributed by atoms with van der Waals surface area (Å²) in [7, 11) is 1.33. The van der Waals surface area contributed by atoms with E-state index < -0.39 is 24.2 Å². The Morgan fingerprint density at radius 1 is 1.20 bits per heavy atom. The summed E-state index contributed by atoms with van der Waals surface area (Å²) in [6.45, 7) is -0.285. The molecule has 3 heterocycles. The second-order valence-corrected chi connectivity index (χ2v) is 7.22. The van der Waals surface area contributed by atoms with Crippen molar-refractivity contribution < 1.29 is 31.8 Å². The van der Waals surface area contributed by atoms with Crippen LogP contribution >= 0.6 is 0 Å². The van der Waals surface area contributed by atoms with Gasteiger partial charge in [-0.2, -0.15) is 22.5 Å². The van der Waals surface area contributed by atoms with E-state index in [0.29, 0.717) is 16.8 Å². The summed E-state index contributed by atoms with van der Waals surface area (Å²) in [6.07, 6.45) is -5.56. The molecular weight excluding hydrogens is 472 g/mol. The smallest absolute Gasteiger partial charge is 0.461 e. The number of nitrogens with two attached hydrogens (primary N) is 1. The highest BCUT2D eigenvalue weighted by Gasteiger charge is 2.44. The lowest BCUT2D eigenvalue weighted by molar-refractivity contribution is -0.253. The maximum atomic E-state index is 13.4. The van der Waals surface area contributed by atoms with E-state index in [2.05, 4.69) is 25.1 Å². The van der Waals surface area contributed by atoms with Gasteiger partial charge in [-0.25, -0.2) is 9.50 Å². The first kappa shape index (κ1) is 23.7. The second kappa shape index (κ2) is 9.44. The molecule has 182 valence electrons. The number of halogens is 4. The van der Waals surface area contributed by atoms with Crippen LogP contribution < -0.4 is 20.5 Å². The van der Waals surface area contributed by atoms with Crippen LogP contribution in [0.2, 0.25) is 0 Å². The van der Waals surface area contributed by atoms with Gasteiger partial charge in [0.15, 0.2) is 5.65 Å². The number of nitrogens with zero attached hydrogens (tertiary/aromatic N) is 4. The average Bonchev–Trinajstić information content (AvgIpc) is 3.21. The number of alkyl halides is 4. The van der Waals surface area contributed by atoms with Gasteiger partial charge in [-0.15, -0.1) is 5.10 Å². The van der Waals surface area contributed by atoms with E-state index in [1.54, 1.807) is 18.3 Å². The molecule has 1 amide bonds. The van der Waals surface area contributed by atoms with Crippen molar-refractivity contribution in [3.63, 3.8) is 0 Å². The van der Waals surface area contributed by atoms with E-state index >= 15 is 0 Å². The van der Waals surface area contributed by atoms with E-state index in [1.807, 2.05) is 0 Å². The Kier molecular flexibility index (Phi) is 6.40. The lowest BCUT2D eigenvalue weighted by Crippen LogP contribution is -2.34. The monoisotopic (exact) mass is 490 g/mol. The molecule has 4 rings (SSSR count). The number of aromatic nitrogens is 4. The normalized spacial score (nSPS) is 11.6. The summed E-state index contributed by atoms with van der Waals surface area (Å²) >= 11 is 0. The van der Waals surface area contributed by atoms with Gasteiger partial charge in [0, 0.05) is 30.1 Å². The first-order valence-corrected chi connectivity index (χ1v) is 10.1. The number of carbonyl (C=O) groups is 1. The number of rotatable bonds is 8. The number of hydrogen-bond donors (Lipinski definition) is 2. The fourth-order valence-electron chi connectivity index (χ4n) is 3.23. The molecule has 3 N–H and O–H groups in total. The average molecular weight is 490 g/mol. The third kappa shape index (κ3) is 5.08. The number of anilines is 1. The van der Waals surface area contributed by atoms with Crippen molar-refractivity contribution >= 4 is 17.5 Å². The molecule has 1 aromatic carbocycles. The Hall–Kier alpha value is -4.42. The molecule has 0 aliphatic heterocycles. The molecule has 0 atom stereocenters. The summed E-state index contributed by atoms with van der Waals surface area (Å²) in [6, 6.07) is 10.3. The zero-order chi connectivity index (χ0) is 25.2. The number of carbonyl (C=O) groups excluding carboxylic acids is 1. The molecule has 9 nitrogen and oxygen atoms in total. The minimum Gasteiger partial charge on any atom is -0.480 e. The number of ether oxygens (including phenoxy) is 2. The van der Waals surface area contributed by atoms with E-state index in [-0.39, 0.29) is 29.5 Å². The maximum absolute atomic E-state index is 13.4. The lowest BCUT2D eigenvalue weighted by Gasteiger charge is -2.19. The minimum atomic E-state index is -4.68. The number of benzene rings is 1. The molecule has 0 saturated heterocycles. The number of hydrogen-bond acceptors (Lipinski definition) is 7. The van der Waals surface area contributed by atoms with Gasteiger partial charge >= 0.3 is 12.5 Å². The van der Waals surface area contributed by atoms with Crippen LogP contribution in [0.1, 0.15) is 15.9 Å². The third-order valence-corrected chi connectivity index (χ3v) is 4.89. The molecule has 3 aromatic heterocycles. The Morgan fingerprint density at radius 3 is 2.71 bits per heavy atom. The molecule has 13 heteroatoms. The molecule has 35 heavy (non-hydrogen) atoms. The minimum absolute atomic E-state index is 0.0211. The lowest BCUT2D eigenvalue weighted by atomic mass is 10.1. The summed E-state index contributed by atoms with van der Waals surface area (Å²) < 4.78 is 62.7. The quantitative estimate of drug-likeness (QED) is 0.363. The number of nitrogen functional groups attached to an aromatic ring is 1. The first-order chi connectivity index (χ1) is 16.7. The van der Waals surface area contributed by atoms with Gasteiger partial charge in [0.1, 0.15) is 11.3 Å². The Bertz CT molecular complexity index is 1380. The van der Waals surface area contributed by atoms with Gasteiger partial charge in [-0.1, -0.05) is 18.2 Å². The van der Waals surface area contributed by atoms with Crippen LogP contribution in [0.4, 0.5) is 23.5 Å². The van der Waals surface area contributed by atoms with Gasteiger partial charge in [0.25, 0.3) is 5.91 Å². The molecule has 0 unspecified atom stereocenters. The molecule has 0 radical (unpaired) electrons. The maximum Gasteiger partial charge on any atom is 0.461 e. The van der Waals surface area contributed by atoms with E-state index in [9.17, 15) is 22.4 Å². The SMILES string of the molecule is COc1ncc(-c2ccn3nc(N)nc3c2)cc1C(=O)NCc1ccccc1OC(F)(F)C(F)F. The van der Waals surface area contributed by atoms with Crippen LogP contribution in [-0.2, 0) is 6.54 Å². The predicted molar refractivity (Wildman–Crippen MR) is 116 cm³/mol. The van der Waals surface area contributed by atoms with Crippen molar-refractivity contribution in [2.24, 2.45) is 0 Å². The molecule has 4 aromatic rings. The number of fused-ring (bicyclic) bond motifs is 1. The molecule has 0 spiro atoms. The third-order valence-electron chi connectivity index (χ3n) is 4.89. The summed E-state index contributed by atoms with van der Waals surface area (Å²) in [5, 5.41) is 6.54. The van der Waals surface area contributed by atoms with Crippen LogP contribution in [0, 0.1) is 0 Å². The van der Waals surface area contributed by atoms with Crippen LogP contribution in [0.3, 0.4) is 0 Å². The van der Waals surface area contributed by atoms with E-state index in [1.165, 1.54) is 42.1 Å². The van der Waals surface area contributed by atoms with Crippen molar-refractivity contribution in [3.8, 4) is 22.8 Å². The second-order valence-electron chi connectivity index (χ2n) is 7.22. The van der Waals surface area contributed by atoms with Gasteiger partial charge in [-0.05, 0) is 29.8 Å². The highest BCUT2D eigenvalue weighted by Crippen LogP contribution is 2.30. The molecule has 0 bridgehead atoms. The number of nitrogens with one attached hydrogen (secondary N) is 1. The summed E-state index contributed by atoms with van der Waals surface area (Å²) in [5.74, 6) is -1.00. The van der Waals surface area contributed by atoms with E-state index in [0.717, 1.165) is 6.07 Å². The summed E-state index contributed by atoms with van der Waals surface area (Å²) in [4.78, 5) is 21.2. The van der Waals surface area contributed by atoms with Crippen LogP contribution in [0.5, 0.6) is 11.6 Å². The Labute approximate surface area is 195 Å². The van der Waals surface area contributed by atoms with Gasteiger partial charge < -0.3 is 20.5 Å². The van der Waals surface area contributed by atoms with Crippen LogP contribution in [-0.4, -0.2) is 45.1 Å². The zero-order valence-electron chi connectivity index (χ0n) is 18.1. The van der Waals surface area contributed by atoms with Crippen molar-refractivity contribution in [1.82, 2.24) is 24.9 Å². The van der Waals surface area contributed by atoms with Gasteiger partial charge in [-0.3, -0.25) is 4.79 Å². The highest BCUT2D eigenvalue weighted by atomic mass is 19.3. The fourth-order valence-corrected chi connectivity index (χ4v) is 3.23. The van der Waals surface area contributed by atoms with Gasteiger partial charge in [0.2, 0.25) is 11.8 Å². The fraction of sp³-hybridized carbons (Fsp3) is 0.182.